The maximum absolute atomic E-state index is 12.2. The van der Waals surface area contributed by atoms with E-state index in [1.54, 1.807) is 0 Å². The summed E-state index contributed by atoms with van der Waals surface area (Å²) in [4.78, 5) is 24.2. The Hall–Kier alpha value is -2.40. The molecule has 300 valence electrons. The zero-order chi connectivity index (χ0) is 37.8. The highest BCUT2D eigenvalue weighted by Crippen LogP contribution is 2.15. The van der Waals surface area contributed by atoms with Gasteiger partial charge in [-0.2, -0.15) is 0 Å². The first-order chi connectivity index (χ1) is 25.6. The molecule has 0 saturated heterocycles. The summed E-state index contributed by atoms with van der Waals surface area (Å²) in [5, 5.41) is 9.54. The zero-order valence-corrected chi connectivity index (χ0v) is 34.1. The van der Waals surface area contributed by atoms with Crippen molar-refractivity contribution in [1.29, 1.82) is 0 Å². The van der Waals surface area contributed by atoms with Crippen LogP contribution in [0.15, 0.2) is 60.8 Å². The molecule has 5 nitrogen and oxygen atoms in total. The number of hydrogen-bond acceptors (Lipinski definition) is 5. The number of unbranched alkanes of at least 4 members (excludes halogenated alkanes) is 21. The van der Waals surface area contributed by atoms with Crippen LogP contribution in [0.3, 0.4) is 0 Å². The summed E-state index contributed by atoms with van der Waals surface area (Å²) in [7, 11) is 0. The molecule has 0 amide bonds. The summed E-state index contributed by atoms with van der Waals surface area (Å²) in [6, 6.07) is 0. The molecule has 0 saturated carbocycles. The van der Waals surface area contributed by atoms with Gasteiger partial charge >= 0.3 is 11.9 Å². The monoisotopic (exact) mass is 727 g/mol. The molecule has 0 aromatic rings. The fourth-order valence-electron chi connectivity index (χ4n) is 6.05. The van der Waals surface area contributed by atoms with Crippen LogP contribution in [-0.4, -0.2) is 36.4 Å². The molecule has 52 heavy (non-hydrogen) atoms. The molecule has 1 N–H and O–H groups in total. The normalized spacial score (nSPS) is 12.8. The Bertz CT molecular complexity index is 915. The van der Waals surface area contributed by atoms with Crippen molar-refractivity contribution in [2.75, 3.05) is 13.2 Å². The minimum atomic E-state index is -0.769. The van der Waals surface area contributed by atoms with Gasteiger partial charge in [-0.05, 0) is 57.8 Å². The van der Waals surface area contributed by atoms with Gasteiger partial charge in [-0.1, -0.05) is 197 Å². The van der Waals surface area contributed by atoms with Crippen molar-refractivity contribution >= 4 is 11.9 Å². The SMILES string of the molecule is CC/C=C\C/C=C\C/C=C\C/C=C\C/C=C\CCCCCCCCCCCCCCCC(=O)OC(CO)COC(=O)CCCCCCCCCCC. The van der Waals surface area contributed by atoms with Crippen molar-refractivity contribution in [2.45, 2.75) is 213 Å². The van der Waals surface area contributed by atoms with Gasteiger partial charge in [-0.15, -0.1) is 0 Å². The third-order valence-corrected chi connectivity index (χ3v) is 9.33. The van der Waals surface area contributed by atoms with Crippen molar-refractivity contribution in [3.8, 4) is 0 Å². The van der Waals surface area contributed by atoms with E-state index in [0.717, 1.165) is 70.6 Å². The average molecular weight is 727 g/mol. The smallest absolute Gasteiger partial charge is 0.306 e. The molecule has 0 aliphatic heterocycles. The van der Waals surface area contributed by atoms with Gasteiger partial charge in [-0.25, -0.2) is 0 Å². The summed E-state index contributed by atoms with van der Waals surface area (Å²) >= 11 is 0. The summed E-state index contributed by atoms with van der Waals surface area (Å²) in [5.74, 6) is -0.593. The van der Waals surface area contributed by atoms with E-state index in [4.69, 9.17) is 9.47 Å². The fraction of sp³-hybridized carbons (Fsp3) is 0.745. The molecule has 5 heteroatoms. The molecule has 0 aliphatic rings. The number of aliphatic hydroxyl groups excluding tert-OH is 1. The lowest BCUT2D eigenvalue weighted by Gasteiger charge is -2.15. The number of aliphatic hydroxyl groups is 1. The number of allylic oxidation sites excluding steroid dienone is 10. The van der Waals surface area contributed by atoms with Crippen molar-refractivity contribution < 1.29 is 24.2 Å². The van der Waals surface area contributed by atoms with Gasteiger partial charge in [0.1, 0.15) is 6.61 Å². The second-order valence-electron chi connectivity index (χ2n) is 14.4. The molecule has 0 aromatic heterocycles. The number of esters is 2. The predicted molar refractivity (Wildman–Crippen MR) is 223 cm³/mol. The lowest BCUT2D eigenvalue weighted by atomic mass is 10.0. The van der Waals surface area contributed by atoms with Crippen molar-refractivity contribution in [2.24, 2.45) is 0 Å². The van der Waals surface area contributed by atoms with E-state index in [1.807, 2.05) is 0 Å². The molecule has 0 heterocycles. The zero-order valence-electron chi connectivity index (χ0n) is 34.1. The predicted octanol–water partition coefficient (Wildman–Crippen LogP) is 14.0. The quantitative estimate of drug-likeness (QED) is 0.0388. The van der Waals surface area contributed by atoms with Crippen LogP contribution in [0.5, 0.6) is 0 Å². The minimum Gasteiger partial charge on any atom is -0.462 e. The van der Waals surface area contributed by atoms with E-state index in [9.17, 15) is 14.7 Å². The number of carbonyl (C=O) groups is 2. The Morgan fingerprint density at radius 1 is 0.462 bits per heavy atom. The molecule has 0 rings (SSSR count). The molecule has 0 fully saturated rings. The summed E-state index contributed by atoms with van der Waals surface area (Å²) in [6.07, 6.45) is 55.9. The van der Waals surface area contributed by atoms with Gasteiger partial charge in [0.2, 0.25) is 0 Å². The van der Waals surface area contributed by atoms with Gasteiger partial charge in [0.05, 0.1) is 6.61 Å². The summed E-state index contributed by atoms with van der Waals surface area (Å²) in [6.45, 7) is 4.00. The van der Waals surface area contributed by atoms with Crippen LogP contribution in [0.1, 0.15) is 206 Å². The molecule has 0 aromatic carbocycles. The first kappa shape index (κ1) is 49.6. The van der Waals surface area contributed by atoms with E-state index in [-0.39, 0.29) is 25.2 Å². The van der Waals surface area contributed by atoms with Gasteiger partial charge < -0.3 is 14.6 Å². The Morgan fingerprint density at radius 2 is 0.827 bits per heavy atom. The van der Waals surface area contributed by atoms with Crippen molar-refractivity contribution in [1.82, 2.24) is 0 Å². The number of hydrogen-bond donors (Lipinski definition) is 1. The Balaban J connectivity index is 3.49. The fourth-order valence-corrected chi connectivity index (χ4v) is 6.05. The number of carbonyl (C=O) groups excluding carboxylic acids is 2. The molecular weight excluding hydrogens is 645 g/mol. The maximum atomic E-state index is 12.2. The summed E-state index contributed by atoms with van der Waals surface area (Å²) < 4.78 is 10.6. The number of rotatable bonds is 39. The Kier molecular flexibility index (Phi) is 41.0. The second kappa shape index (κ2) is 43.0. The van der Waals surface area contributed by atoms with Crippen LogP contribution < -0.4 is 0 Å². The Labute approximate surface area is 321 Å². The van der Waals surface area contributed by atoms with Gasteiger partial charge in [0.15, 0.2) is 6.10 Å². The molecule has 0 bridgehead atoms. The topological polar surface area (TPSA) is 72.8 Å². The molecule has 1 unspecified atom stereocenters. The lowest BCUT2D eigenvalue weighted by molar-refractivity contribution is -0.161. The number of ether oxygens (including phenoxy) is 2. The van der Waals surface area contributed by atoms with Crippen LogP contribution in [0.25, 0.3) is 0 Å². The van der Waals surface area contributed by atoms with Gasteiger partial charge in [0, 0.05) is 12.8 Å². The first-order valence-electron chi connectivity index (χ1n) is 21.8. The van der Waals surface area contributed by atoms with Crippen molar-refractivity contribution in [3.05, 3.63) is 60.8 Å². The van der Waals surface area contributed by atoms with E-state index < -0.39 is 6.10 Å². The highest BCUT2D eigenvalue weighted by atomic mass is 16.6. The van der Waals surface area contributed by atoms with Crippen LogP contribution in [-0.2, 0) is 19.1 Å². The maximum Gasteiger partial charge on any atom is 0.306 e. The highest BCUT2D eigenvalue weighted by molar-refractivity contribution is 5.70. The average Bonchev–Trinajstić information content (AvgIpc) is 3.15. The third-order valence-electron chi connectivity index (χ3n) is 9.33. The molecule has 0 aliphatic carbocycles. The molecule has 0 radical (unpaired) electrons. The molecule has 1 atom stereocenters. The van der Waals surface area contributed by atoms with Crippen LogP contribution in [0, 0.1) is 0 Å². The van der Waals surface area contributed by atoms with Crippen molar-refractivity contribution in [3.63, 3.8) is 0 Å². The largest absolute Gasteiger partial charge is 0.462 e. The van der Waals surface area contributed by atoms with E-state index >= 15 is 0 Å². The van der Waals surface area contributed by atoms with E-state index in [0.29, 0.717) is 12.8 Å². The second-order valence-corrected chi connectivity index (χ2v) is 14.4. The van der Waals surface area contributed by atoms with Gasteiger partial charge in [0.25, 0.3) is 0 Å². The molecule has 0 spiro atoms. The lowest BCUT2D eigenvalue weighted by Crippen LogP contribution is -2.28. The van der Waals surface area contributed by atoms with E-state index in [2.05, 4.69) is 74.6 Å². The first-order valence-corrected chi connectivity index (χ1v) is 21.8. The van der Waals surface area contributed by atoms with Gasteiger partial charge in [-0.3, -0.25) is 9.59 Å². The Morgan fingerprint density at radius 3 is 1.25 bits per heavy atom. The van der Waals surface area contributed by atoms with Crippen LogP contribution >= 0.6 is 0 Å². The highest BCUT2D eigenvalue weighted by Gasteiger charge is 2.16. The minimum absolute atomic E-state index is 0.0652. The van der Waals surface area contributed by atoms with E-state index in [1.165, 1.54) is 109 Å². The van der Waals surface area contributed by atoms with Crippen LogP contribution in [0.4, 0.5) is 0 Å². The summed E-state index contributed by atoms with van der Waals surface area (Å²) in [5.41, 5.74) is 0. The molecular formula is C47H82O5. The van der Waals surface area contributed by atoms with Crippen LogP contribution in [0.2, 0.25) is 0 Å². The third kappa shape index (κ3) is 40.4. The standard InChI is InChI=1S/C47H82O5/c1-3-5-7-9-11-13-14-15-16-17-18-19-20-21-22-23-24-25-26-27-28-29-30-31-32-34-36-38-40-42-47(50)52-45(43-48)44-51-46(49)41-39-37-35-33-12-10-8-6-4-2/h5,7,11,13,15-16,18-19,21-22,45,48H,3-4,6,8-10,12,14,17,20,23-44H2,1-2H3/b7-5-,13-11-,16-15-,19-18-,22-21-.